The second-order valence-electron chi connectivity index (χ2n) is 7.50. The van der Waals surface area contributed by atoms with Gasteiger partial charge < -0.3 is 10.2 Å². The molecule has 2 aromatic rings. The minimum atomic E-state index is -0.222. The number of amides is 2. The molecule has 0 aliphatic carbocycles. The first kappa shape index (κ1) is 18.7. The minimum absolute atomic E-state index is 0.0445. The average molecular weight is 378 g/mol. The van der Waals surface area contributed by atoms with E-state index in [0.29, 0.717) is 25.9 Å². The highest BCUT2D eigenvalue weighted by Crippen LogP contribution is 2.25. The summed E-state index contributed by atoms with van der Waals surface area (Å²) in [4.78, 5) is 27.2. The lowest BCUT2D eigenvalue weighted by molar-refractivity contribution is -0.136. The Morgan fingerprint density at radius 1 is 0.893 bits per heavy atom. The molecule has 0 bridgehead atoms. The number of benzene rings is 2. The largest absolute Gasteiger partial charge is 0.341 e. The molecule has 0 saturated carbocycles. The topological polar surface area (TPSA) is 73.5 Å². The van der Waals surface area contributed by atoms with Crippen LogP contribution in [0.5, 0.6) is 0 Å². The fourth-order valence-corrected chi connectivity index (χ4v) is 3.97. The fourth-order valence-electron chi connectivity index (χ4n) is 3.97. The first-order valence-electron chi connectivity index (χ1n) is 9.91. The first-order chi connectivity index (χ1) is 13.7. The Hall–Kier alpha value is -2.70. The Morgan fingerprint density at radius 3 is 2.21 bits per heavy atom. The molecule has 2 unspecified atom stereocenters. The summed E-state index contributed by atoms with van der Waals surface area (Å²) in [5, 5.41) is 2.97. The van der Waals surface area contributed by atoms with Gasteiger partial charge in [-0.25, -0.2) is 10.9 Å². The van der Waals surface area contributed by atoms with Crippen molar-refractivity contribution in [2.24, 2.45) is 5.92 Å². The maximum Gasteiger partial charge on any atom is 0.241 e. The van der Waals surface area contributed by atoms with Crippen molar-refractivity contribution in [3.63, 3.8) is 0 Å². The standard InChI is InChI=1S/C22H26N4O2/c27-21(23-18-9-5-2-6-10-18)17-11-13-26(14-12-17)22(28)20-15-19(24-25-20)16-7-3-1-4-8-16/h1-10,17,19-20,24-25H,11-15H2,(H,23,27). The van der Waals surface area contributed by atoms with Crippen molar-refractivity contribution in [1.82, 2.24) is 15.8 Å². The summed E-state index contributed by atoms with van der Waals surface area (Å²) >= 11 is 0. The fraction of sp³-hybridized carbons (Fsp3) is 0.364. The van der Waals surface area contributed by atoms with E-state index in [0.717, 1.165) is 12.1 Å². The Bertz CT molecular complexity index is 804. The number of likely N-dealkylation sites (tertiary alicyclic amines) is 1. The summed E-state index contributed by atoms with van der Waals surface area (Å²) < 4.78 is 0. The van der Waals surface area contributed by atoms with Crippen LogP contribution in [-0.2, 0) is 9.59 Å². The Labute approximate surface area is 165 Å². The molecule has 3 N–H and O–H groups in total. The predicted octanol–water partition coefficient (Wildman–Crippen LogP) is 2.47. The Morgan fingerprint density at radius 2 is 1.54 bits per heavy atom. The van der Waals surface area contributed by atoms with Gasteiger partial charge >= 0.3 is 0 Å². The number of hydrogen-bond acceptors (Lipinski definition) is 4. The van der Waals surface area contributed by atoms with Crippen LogP contribution in [0.2, 0.25) is 0 Å². The normalized spacial score (nSPS) is 22.8. The first-order valence-corrected chi connectivity index (χ1v) is 9.91. The SMILES string of the molecule is O=C(Nc1ccccc1)C1CCN(C(=O)C2CC(c3ccccc3)NN2)CC1. The molecular weight excluding hydrogens is 352 g/mol. The number of para-hydroxylation sites is 1. The minimum Gasteiger partial charge on any atom is -0.341 e. The van der Waals surface area contributed by atoms with E-state index in [2.05, 4.69) is 28.3 Å². The number of hydrazine groups is 1. The third-order valence-corrected chi connectivity index (χ3v) is 5.62. The quantitative estimate of drug-likeness (QED) is 0.764. The van der Waals surface area contributed by atoms with E-state index < -0.39 is 0 Å². The van der Waals surface area contributed by atoms with Crippen LogP contribution >= 0.6 is 0 Å². The van der Waals surface area contributed by atoms with Gasteiger partial charge in [-0.2, -0.15) is 0 Å². The molecular formula is C22H26N4O2. The van der Waals surface area contributed by atoms with E-state index in [1.807, 2.05) is 53.4 Å². The third kappa shape index (κ3) is 4.24. The molecule has 0 aromatic heterocycles. The van der Waals surface area contributed by atoms with Crippen LogP contribution in [-0.4, -0.2) is 35.8 Å². The lowest BCUT2D eigenvalue weighted by atomic mass is 9.94. The van der Waals surface area contributed by atoms with Gasteiger partial charge in [0.15, 0.2) is 0 Å². The summed E-state index contributed by atoms with van der Waals surface area (Å²) in [6.45, 7) is 1.25. The number of nitrogens with zero attached hydrogens (tertiary/aromatic N) is 1. The van der Waals surface area contributed by atoms with Gasteiger partial charge in [0.1, 0.15) is 6.04 Å². The Kier molecular flexibility index (Phi) is 5.69. The molecule has 2 amide bonds. The van der Waals surface area contributed by atoms with Crippen molar-refractivity contribution in [2.75, 3.05) is 18.4 Å². The van der Waals surface area contributed by atoms with E-state index in [1.165, 1.54) is 5.56 Å². The van der Waals surface area contributed by atoms with Gasteiger partial charge in [0.2, 0.25) is 11.8 Å². The monoisotopic (exact) mass is 378 g/mol. The van der Waals surface area contributed by atoms with Crippen molar-refractivity contribution < 1.29 is 9.59 Å². The van der Waals surface area contributed by atoms with Crippen LogP contribution in [0.25, 0.3) is 0 Å². The lowest BCUT2D eigenvalue weighted by Gasteiger charge is -2.32. The van der Waals surface area contributed by atoms with E-state index in [9.17, 15) is 9.59 Å². The van der Waals surface area contributed by atoms with Crippen LogP contribution in [0.4, 0.5) is 5.69 Å². The maximum absolute atomic E-state index is 12.9. The highest BCUT2D eigenvalue weighted by molar-refractivity contribution is 5.92. The zero-order valence-corrected chi connectivity index (χ0v) is 15.8. The summed E-state index contributed by atoms with van der Waals surface area (Å²) in [6, 6.07) is 19.6. The summed E-state index contributed by atoms with van der Waals surface area (Å²) in [5.74, 6) is 0.118. The number of piperidine rings is 1. The highest BCUT2D eigenvalue weighted by Gasteiger charge is 2.35. The molecule has 0 spiro atoms. The smallest absolute Gasteiger partial charge is 0.241 e. The second-order valence-corrected chi connectivity index (χ2v) is 7.50. The van der Waals surface area contributed by atoms with Crippen LogP contribution in [0.1, 0.15) is 30.9 Å². The van der Waals surface area contributed by atoms with E-state index in [-0.39, 0.29) is 29.8 Å². The second kappa shape index (κ2) is 8.54. The lowest BCUT2D eigenvalue weighted by Crippen LogP contribution is -2.49. The molecule has 0 radical (unpaired) electrons. The maximum atomic E-state index is 12.9. The van der Waals surface area contributed by atoms with Gasteiger partial charge in [-0.05, 0) is 37.0 Å². The molecule has 2 saturated heterocycles. The Balaban J connectivity index is 1.27. The van der Waals surface area contributed by atoms with E-state index in [1.54, 1.807) is 0 Å². The summed E-state index contributed by atoms with van der Waals surface area (Å²) in [6.07, 6.45) is 2.14. The van der Waals surface area contributed by atoms with Crippen molar-refractivity contribution >= 4 is 17.5 Å². The van der Waals surface area contributed by atoms with Crippen LogP contribution in [0.15, 0.2) is 60.7 Å². The van der Waals surface area contributed by atoms with Crippen LogP contribution < -0.4 is 16.2 Å². The van der Waals surface area contributed by atoms with Crippen molar-refractivity contribution in [3.05, 3.63) is 66.2 Å². The molecule has 6 nitrogen and oxygen atoms in total. The number of nitrogens with one attached hydrogen (secondary N) is 3. The highest BCUT2D eigenvalue weighted by atomic mass is 16.2. The van der Waals surface area contributed by atoms with Gasteiger partial charge in [0.25, 0.3) is 0 Å². The van der Waals surface area contributed by atoms with Gasteiger partial charge in [0.05, 0.1) is 0 Å². The van der Waals surface area contributed by atoms with Crippen molar-refractivity contribution in [3.8, 4) is 0 Å². The number of carbonyl (C=O) groups excluding carboxylic acids is 2. The van der Waals surface area contributed by atoms with Gasteiger partial charge in [-0.1, -0.05) is 48.5 Å². The predicted molar refractivity (Wildman–Crippen MR) is 108 cm³/mol. The van der Waals surface area contributed by atoms with Crippen molar-refractivity contribution in [2.45, 2.75) is 31.3 Å². The average Bonchev–Trinajstić information content (AvgIpc) is 3.25. The zero-order chi connectivity index (χ0) is 19.3. The molecule has 6 heteroatoms. The van der Waals surface area contributed by atoms with Crippen molar-refractivity contribution in [1.29, 1.82) is 0 Å². The molecule has 2 fully saturated rings. The molecule has 146 valence electrons. The van der Waals surface area contributed by atoms with Crippen LogP contribution in [0.3, 0.4) is 0 Å². The van der Waals surface area contributed by atoms with E-state index >= 15 is 0 Å². The molecule has 2 atom stereocenters. The zero-order valence-electron chi connectivity index (χ0n) is 15.8. The van der Waals surface area contributed by atoms with Crippen LogP contribution in [0, 0.1) is 5.92 Å². The molecule has 2 heterocycles. The third-order valence-electron chi connectivity index (χ3n) is 5.62. The van der Waals surface area contributed by atoms with E-state index in [4.69, 9.17) is 0 Å². The molecule has 2 aliphatic heterocycles. The molecule has 2 aliphatic rings. The number of carbonyl (C=O) groups is 2. The number of hydrogen-bond donors (Lipinski definition) is 3. The molecule has 28 heavy (non-hydrogen) atoms. The molecule has 4 rings (SSSR count). The molecule has 2 aromatic carbocycles. The number of anilines is 1. The number of rotatable bonds is 4. The van der Waals surface area contributed by atoms with Gasteiger partial charge in [-0.15, -0.1) is 0 Å². The van der Waals surface area contributed by atoms with Gasteiger partial charge in [0, 0.05) is 30.7 Å². The van der Waals surface area contributed by atoms with Gasteiger partial charge in [-0.3, -0.25) is 9.59 Å². The summed E-state index contributed by atoms with van der Waals surface area (Å²) in [5.41, 5.74) is 8.38. The summed E-state index contributed by atoms with van der Waals surface area (Å²) in [7, 11) is 0.